The van der Waals surface area contributed by atoms with E-state index in [9.17, 15) is 14.4 Å². The third-order valence-electron chi connectivity index (χ3n) is 7.96. The van der Waals surface area contributed by atoms with Crippen molar-refractivity contribution >= 4 is 36.6 Å². The van der Waals surface area contributed by atoms with Crippen molar-refractivity contribution in [3.8, 4) is 0 Å². The monoisotopic (exact) mass is 574 g/mol. The van der Waals surface area contributed by atoms with Gasteiger partial charge in [0.2, 0.25) is 0 Å². The van der Waals surface area contributed by atoms with Crippen LogP contribution < -0.4 is 0 Å². The molecule has 1 rings (SSSR count). The minimum absolute atomic E-state index is 0.0183. The van der Waals surface area contributed by atoms with Gasteiger partial charge in [0.1, 0.15) is 0 Å². The molecule has 2 atom stereocenters. The summed E-state index contributed by atoms with van der Waals surface area (Å²) in [6.45, 7) is 13.1. The molecule has 0 aliphatic heterocycles. The van der Waals surface area contributed by atoms with Crippen molar-refractivity contribution in [3.05, 3.63) is 0 Å². The molecular weight excluding hydrogens is 523 g/mol. The summed E-state index contributed by atoms with van der Waals surface area (Å²) in [7, 11) is 0. The number of carbonyl (C=O) groups excluding carboxylic acids is 3. The van der Waals surface area contributed by atoms with Gasteiger partial charge in [-0.3, -0.25) is 0 Å². The van der Waals surface area contributed by atoms with Crippen LogP contribution in [0.1, 0.15) is 99.3 Å². The van der Waals surface area contributed by atoms with Crippen LogP contribution in [-0.2, 0) is 23.9 Å². The predicted octanol–water partition coefficient (Wildman–Crippen LogP) is 6.95. The SMILES string of the molecule is CCC[CH2][Sn]([CH2]CCC)([CH2]CCC)[CH2][C@]1(C)CC(C(=O)OCC)(C(=O)OCC)C[C@@H]1CC=O. The summed E-state index contributed by atoms with van der Waals surface area (Å²) in [6.07, 6.45) is 9.67. The van der Waals surface area contributed by atoms with Crippen molar-refractivity contribution in [2.24, 2.45) is 16.7 Å². The van der Waals surface area contributed by atoms with Gasteiger partial charge in [-0.1, -0.05) is 0 Å². The first-order valence-electron chi connectivity index (χ1n) is 13.5. The molecule has 192 valence electrons. The molecule has 1 aliphatic rings. The molecule has 6 heteroatoms. The van der Waals surface area contributed by atoms with E-state index < -0.39 is 35.7 Å². The topological polar surface area (TPSA) is 69.7 Å². The van der Waals surface area contributed by atoms with Crippen LogP contribution in [0.25, 0.3) is 0 Å². The maximum absolute atomic E-state index is 13.2. The second-order valence-electron chi connectivity index (χ2n) is 10.6. The number of carbonyl (C=O) groups is 3. The summed E-state index contributed by atoms with van der Waals surface area (Å²) in [5.74, 6) is -0.899. The first-order chi connectivity index (χ1) is 15.7. The van der Waals surface area contributed by atoms with Gasteiger partial charge in [0.05, 0.1) is 0 Å². The van der Waals surface area contributed by atoms with Crippen LogP contribution >= 0.6 is 0 Å². The van der Waals surface area contributed by atoms with E-state index >= 15 is 0 Å². The molecule has 0 aromatic carbocycles. The van der Waals surface area contributed by atoms with Gasteiger partial charge in [-0.05, 0) is 0 Å². The molecule has 0 radical (unpaired) electrons. The number of aldehydes is 1. The van der Waals surface area contributed by atoms with E-state index in [2.05, 4.69) is 27.7 Å². The fraction of sp³-hybridized carbons (Fsp3) is 0.889. The van der Waals surface area contributed by atoms with Crippen LogP contribution in [0.2, 0.25) is 17.7 Å². The fourth-order valence-electron chi connectivity index (χ4n) is 6.35. The van der Waals surface area contributed by atoms with Gasteiger partial charge in [0, 0.05) is 0 Å². The third-order valence-corrected chi connectivity index (χ3v) is 24.5. The fourth-order valence-corrected chi connectivity index (χ4v) is 25.5. The zero-order valence-electron chi connectivity index (χ0n) is 22.3. The second kappa shape index (κ2) is 14.7. The molecule has 1 fully saturated rings. The van der Waals surface area contributed by atoms with E-state index in [-0.39, 0.29) is 24.5 Å². The van der Waals surface area contributed by atoms with E-state index in [1.54, 1.807) is 13.8 Å². The van der Waals surface area contributed by atoms with Gasteiger partial charge in [-0.15, -0.1) is 0 Å². The number of hydrogen-bond donors (Lipinski definition) is 0. The number of ether oxygens (including phenoxy) is 2. The predicted molar refractivity (Wildman–Crippen MR) is 137 cm³/mol. The Labute approximate surface area is 207 Å². The van der Waals surface area contributed by atoms with E-state index in [4.69, 9.17) is 9.47 Å². The summed E-state index contributed by atoms with van der Waals surface area (Å²) in [5.41, 5.74) is -1.47. The summed E-state index contributed by atoms with van der Waals surface area (Å²) in [4.78, 5) is 38.1. The molecule has 0 saturated heterocycles. The standard InChI is InChI=1S/C15H23O5.3C4H9.Sn/c1-5-19-12(17)15(13(18)20-6-2)9-11(7-8-16)14(3,4)10-15;3*1-3-4-2;/h8,11H,3,5-7,9-10H2,1-2,4H3;3*1,3-4H2,2H3;/t11-,14-;;;;/m0..../s1. The average molecular weight is 573 g/mol. The molecule has 0 heterocycles. The number of unbranched alkanes of at least 4 members (excludes halogenated alkanes) is 3. The molecule has 1 aliphatic carbocycles. The van der Waals surface area contributed by atoms with E-state index in [0.29, 0.717) is 19.3 Å². The molecule has 0 bridgehead atoms. The average Bonchev–Trinajstić information content (AvgIpc) is 3.08. The molecule has 0 spiro atoms. The molecule has 33 heavy (non-hydrogen) atoms. The molecule has 0 aromatic rings. The van der Waals surface area contributed by atoms with Gasteiger partial charge in [-0.25, -0.2) is 0 Å². The quantitative estimate of drug-likeness (QED) is 0.0815. The number of hydrogen-bond acceptors (Lipinski definition) is 5. The maximum atomic E-state index is 13.2. The van der Waals surface area contributed by atoms with Gasteiger partial charge in [0.15, 0.2) is 0 Å². The Morgan fingerprint density at radius 3 is 1.70 bits per heavy atom. The summed E-state index contributed by atoms with van der Waals surface area (Å²) in [5, 5.41) is 0. The van der Waals surface area contributed by atoms with Gasteiger partial charge in [-0.2, -0.15) is 0 Å². The van der Waals surface area contributed by atoms with Crippen molar-refractivity contribution in [2.45, 2.75) is 117 Å². The number of esters is 2. The van der Waals surface area contributed by atoms with E-state index in [1.807, 2.05) is 0 Å². The first-order valence-corrected chi connectivity index (χ1v) is 21.6. The Morgan fingerprint density at radius 2 is 1.33 bits per heavy atom. The molecule has 5 nitrogen and oxygen atoms in total. The van der Waals surface area contributed by atoms with E-state index in [0.717, 1.165) is 10.7 Å². The zero-order chi connectivity index (χ0) is 25.0. The van der Waals surface area contributed by atoms with Crippen molar-refractivity contribution < 1.29 is 23.9 Å². The van der Waals surface area contributed by atoms with Crippen molar-refractivity contribution in [2.75, 3.05) is 13.2 Å². The third kappa shape index (κ3) is 7.96. The second-order valence-corrected chi connectivity index (χ2v) is 24.5. The Bertz CT molecular complexity index is 580. The summed E-state index contributed by atoms with van der Waals surface area (Å²) >= 11 is -2.59. The normalized spacial score (nSPS) is 22.2. The van der Waals surface area contributed by atoms with E-state index in [1.165, 1.54) is 51.8 Å². The summed E-state index contributed by atoms with van der Waals surface area (Å²) < 4.78 is 16.1. The molecular formula is C27H50O5Sn. The Kier molecular flexibility index (Phi) is 13.6. The zero-order valence-corrected chi connectivity index (χ0v) is 25.2. The van der Waals surface area contributed by atoms with Crippen LogP contribution in [0.15, 0.2) is 0 Å². The molecule has 0 N–H and O–H groups in total. The molecule has 0 amide bonds. The number of rotatable bonds is 17. The van der Waals surface area contributed by atoms with Crippen molar-refractivity contribution in [3.63, 3.8) is 0 Å². The minimum atomic E-state index is -2.59. The Morgan fingerprint density at radius 1 is 0.879 bits per heavy atom. The van der Waals surface area contributed by atoms with Crippen LogP contribution in [0, 0.1) is 16.7 Å². The Hall–Kier alpha value is -0.591. The molecule has 1 saturated carbocycles. The van der Waals surface area contributed by atoms with Crippen LogP contribution in [-0.4, -0.2) is 49.8 Å². The van der Waals surface area contributed by atoms with Crippen LogP contribution in [0.3, 0.4) is 0 Å². The molecule has 0 aromatic heterocycles. The van der Waals surface area contributed by atoms with Gasteiger partial charge in [0.25, 0.3) is 0 Å². The summed E-state index contributed by atoms with van der Waals surface area (Å²) in [6, 6.07) is 0. The van der Waals surface area contributed by atoms with Crippen molar-refractivity contribution in [1.29, 1.82) is 0 Å². The van der Waals surface area contributed by atoms with Crippen LogP contribution in [0.5, 0.6) is 0 Å². The molecule has 0 unspecified atom stereocenters. The first kappa shape index (κ1) is 30.4. The van der Waals surface area contributed by atoms with Crippen LogP contribution in [0.4, 0.5) is 0 Å². The van der Waals surface area contributed by atoms with Crippen molar-refractivity contribution in [1.82, 2.24) is 0 Å². The van der Waals surface area contributed by atoms with Gasteiger partial charge < -0.3 is 0 Å². The Balaban J connectivity index is 3.45. The van der Waals surface area contributed by atoms with Gasteiger partial charge >= 0.3 is 207 Å².